The highest BCUT2D eigenvalue weighted by atomic mass is 35.5. The van der Waals surface area contributed by atoms with Crippen molar-refractivity contribution in [2.24, 2.45) is 0 Å². The zero-order chi connectivity index (χ0) is 21.5. The molecule has 5 rings (SSSR count). The lowest BCUT2D eigenvalue weighted by molar-refractivity contribution is -0.0511. The zero-order valence-corrected chi connectivity index (χ0v) is 17.0. The molecule has 2 saturated heterocycles. The number of rotatable bonds is 5. The van der Waals surface area contributed by atoms with E-state index >= 15 is 0 Å². The van der Waals surface area contributed by atoms with Crippen molar-refractivity contribution >= 4 is 34.4 Å². The monoisotopic (exact) mass is 448 g/mol. The molecule has 0 bridgehead atoms. The first-order chi connectivity index (χ1) is 15.0. The summed E-state index contributed by atoms with van der Waals surface area (Å²) in [6.45, 7) is 1.11. The summed E-state index contributed by atoms with van der Waals surface area (Å²) in [7, 11) is 0. The number of aromatic nitrogens is 6. The van der Waals surface area contributed by atoms with Gasteiger partial charge in [-0.15, -0.1) is 10.2 Å². The van der Waals surface area contributed by atoms with Crippen LogP contribution in [0.4, 0.5) is 11.6 Å². The Morgan fingerprint density at radius 1 is 1.16 bits per heavy atom. The van der Waals surface area contributed by atoms with Crippen LogP contribution in [0.3, 0.4) is 0 Å². The van der Waals surface area contributed by atoms with Crippen molar-refractivity contribution in [1.82, 2.24) is 29.7 Å². The van der Waals surface area contributed by atoms with Crippen LogP contribution in [0, 0.1) is 0 Å². The third-order valence-corrected chi connectivity index (χ3v) is 5.82. The van der Waals surface area contributed by atoms with Gasteiger partial charge in [-0.25, -0.2) is 15.0 Å². The number of fused-ring (bicyclic) bond motifs is 1. The van der Waals surface area contributed by atoms with Gasteiger partial charge < -0.3 is 30.3 Å². The van der Waals surface area contributed by atoms with E-state index in [2.05, 4.69) is 35.4 Å². The number of aliphatic hydroxyl groups excluding tert-OH is 3. The Hall–Kier alpha value is -2.64. The Labute approximate surface area is 181 Å². The van der Waals surface area contributed by atoms with Gasteiger partial charge in [0.05, 0.1) is 12.9 Å². The molecule has 31 heavy (non-hydrogen) atoms. The van der Waals surface area contributed by atoms with Gasteiger partial charge in [-0.2, -0.15) is 0 Å². The number of hydrogen-bond acceptors (Lipinski definition) is 11. The molecule has 13 heteroatoms. The Morgan fingerprint density at radius 2 is 2.03 bits per heavy atom. The van der Waals surface area contributed by atoms with Crippen LogP contribution in [-0.2, 0) is 4.74 Å². The van der Waals surface area contributed by atoms with E-state index in [9.17, 15) is 15.3 Å². The summed E-state index contributed by atoms with van der Waals surface area (Å²) in [6.07, 6.45) is -0.457. The van der Waals surface area contributed by atoms with Gasteiger partial charge in [-0.1, -0.05) is 11.6 Å². The van der Waals surface area contributed by atoms with Gasteiger partial charge in [0.2, 0.25) is 0 Å². The molecule has 5 atom stereocenters. The highest BCUT2D eigenvalue weighted by Crippen LogP contribution is 2.32. The first-order valence-corrected chi connectivity index (χ1v) is 10.2. The minimum absolute atomic E-state index is 0.106. The summed E-state index contributed by atoms with van der Waals surface area (Å²) >= 11 is 5.81. The van der Waals surface area contributed by atoms with E-state index in [0.29, 0.717) is 28.7 Å². The molecule has 0 saturated carbocycles. The van der Waals surface area contributed by atoms with E-state index < -0.39 is 31.1 Å². The van der Waals surface area contributed by atoms with Crippen LogP contribution < -0.4 is 10.2 Å². The molecule has 4 N–H and O–H groups in total. The molecule has 0 aliphatic carbocycles. The highest BCUT2D eigenvalue weighted by Gasteiger charge is 2.44. The largest absolute Gasteiger partial charge is 0.394 e. The SMILES string of the molecule is OC[C@H]1OC(n2cnc3c(NC4CCN(c5ccc(Cl)nn5)C4)ncnc32)[C@@H](O)[C@H]1O. The summed E-state index contributed by atoms with van der Waals surface area (Å²) in [5, 5.41) is 41.5. The molecule has 5 heterocycles. The molecule has 2 unspecified atom stereocenters. The average Bonchev–Trinajstić information content (AvgIpc) is 3.48. The minimum atomic E-state index is -1.22. The predicted octanol–water partition coefficient (Wildman–Crippen LogP) is -0.428. The van der Waals surface area contributed by atoms with Crippen LogP contribution in [0.5, 0.6) is 0 Å². The zero-order valence-electron chi connectivity index (χ0n) is 16.3. The molecule has 12 nitrogen and oxygen atoms in total. The lowest BCUT2D eigenvalue weighted by Gasteiger charge is -2.18. The molecular weight excluding hydrogens is 428 g/mol. The number of anilines is 2. The van der Waals surface area contributed by atoms with Gasteiger partial charge in [0.25, 0.3) is 0 Å². The van der Waals surface area contributed by atoms with Crippen LogP contribution in [0.2, 0.25) is 5.15 Å². The lowest BCUT2D eigenvalue weighted by atomic mass is 10.1. The summed E-state index contributed by atoms with van der Waals surface area (Å²) in [4.78, 5) is 15.1. The molecule has 2 aliphatic rings. The van der Waals surface area contributed by atoms with Crippen molar-refractivity contribution < 1.29 is 20.1 Å². The Bertz CT molecular complexity index is 1070. The lowest BCUT2D eigenvalue weighted by Crippen LogP contribution is -2.33. The quantitative estimate of drug-likeness (QED) is 0.402. The minimum Gasteiger partial charge on any atom is -0.394 e. The fourth-order valence-corrected chi connectivity index (χ4v) is 4.11. The summed E-state index contributed by atoms with van der Waals surface area (Å²) < 4.78 is 7.13. The number of nitrogens with one attached hydrogen (secondary N) is 1. The highest BCUT2D eigenvalue weighted by molar-refractivity contribution is 6.29. The molecule has 0 spiro atoms. The van der Waals surface area contributed by atoms with Crippen LogP contribution >= 0.6 is 11.6 Å². The van der Waals surface area contributed by atoms with Crippen molar-refractivity contribution in [3.63, 3.8) is 0 Å². The number of halogens is 1. The second kappa shape index (κ2) is 8.13. The normalized spacial score (nSPS) is 28.5. The van der Waals surface area contributed by atoms with E-state index in [1.807, 2.05) is 6.07 Å². The summed E-state index contributed by atoms with van der Waals surface area (Å²) in [5.74, 6) is 1.32. The van der Waals surface area contributed by atoms with E-state index in [-0.39, 0.29) is 6.04 Å². The van der Waals surface area contributed by atoms with Crippen LogP contribution in [0.15, 0.2) is 24.8 Å². The smallest absolute Gasteiger partial charge is 0.167 e. The average molecular weight is 449 g/mol. The van der Waals surface area contributed by atoms with Crippen molar-refractivity contribution in [1.29, 1.82) is 0 Å². The number of aliphatic hydroxyl groups is 3. The number of hydrogen-bond donors (Lipinski definition) is 4. The fraction of sp³-hybridized carbons (Fsp3) is 0.500. The van der Waals surface area contributed by atoms with E-state index in [1.54, 1.807) is 6.07 Å². The predicted molar refractivity (Wildman–Crippen MR) is 110 cm³/mol. The molecule has 3 aromatic rings. The molecule has 3 aromatic heterocycles. The second-order valence-electron chi connectivity index (χ2n) is 7.57. The van der Waals surface area contributed by atoms with Gasteiger partial charge >= 0.3 is 0 Å². The maximum Gasteiger partial charge on any atom is 0.167 e. The number of ether oxygens (including phenoxy) is 1. The van der Waals surface area contributed by atoms with Gasteiger partial charge in [0.1, 0.15) is 24.6 Å². The number of imidazole rings is 1. The Balaban J connectivity index is 1.34. The van der Waals surface area contributed by atoms with Crippen molar-refractivity contribution in [3.05, 3.63) is 29.9 Å². The Morgan fingerprint density at radius 3 is 2.77 bits per heavy atom. The van der Waals surface area contributed by atoms with Gasteiger partial charge in [0, 0.05) is 19.1 Å². The van der Waals surface area contributed by atoms with Crippen LogP contribution in [0.1, 0.15) is 12.6 Å². The van der Waals surface area contributed by atoms with E-state index in [1.165, 1.54) is 17.2 Å². The third kappa shape index (κ3) is 3.66. The standard InChI is InChI=1S/C18H21ClN8O4/c19-11-1-2-12(25-24-11)26-4-3-9(5-26)23-16-13-17(21-7-20-16)27(8-22-13)18-15(30)14(29)10(6-28)31-18/h1-2,7-10,14-15,18,28-30H,3-6H2,(H,20,21,23)/t9?,10-,14+,15+,18?/m1/s1. The van der Waals surface area contributed by atoms with Crippen molar-refractivity contribution in [2.75, 3.05) is 29.9 Å². The Kier molecular flexibility index (Phi) is 5.32. The second-order valence-corrected chi connectivity index (χ2v) is 7.95. The molecular formula is C18H21ClN8O4. The molecule has 2 fully saturated rings. The first kappa shape index (κ1) is 20.3. The van der Waals surface area contributed by atoms with Gasteiger partial charge in [0.15, 0.2) is 34.2 Å². The number of nitrogens with zero attached hydrogens (tertiary/aromatic N) is 7. The molecule has 0 amide bonds. The van der Waals surface area contributed by atoms with Gasteiger partial charge in [-0.3, -0.25) is 4.57 Å². The summed E-state index contributed by atoms with van der Waals surface area (Å²) in [5.41, 5.74) is 0.968. The topological polar surface area (TPSA) is 155 Å². The molecule has 2 aliphatic heterocycles. The molecule has 164 valence electrons. The first-order valence-electron chi connectivity index (χ1n) is 9.86. The maximum atomic E-state index is 10.3. The summed E-state index contributed by atoms with van der Waals surface area (Å²) in [6, 6.07) is 3.65. The van der Waals surface area contributed by atoms with E-state index in [0.717, 1.165) is 18.8 Å². The third-order valence-electron chi connectivity index (χ3n) is 5.62. The van der Waals surface area contributed by atoms with Crippen molar-refractivity contribution in [3.8, 4) is 0 Å². The maximum absolute atomic E-state index is 10.3. The van der Waals surface area contributed by atoms with Crippen LogP contribution in [-0.4, -0.2) is 89.1 Å². The molecule has 0 aromatic carbocycles. The van der Waals surface area contributed by atoms with Gasteiger partial charge in [-0.05, 0) is 18.6 Å². The fourth-order valence-electron chi connectivity index (χ4n) is 4.01. The van der Waals surface area contributed by atoms with Crippen molar-refractivity contribution in [2.45, 2.75) is 37.0 Å². The molecule has 0 radical (unpaired) electrons. The van der Waals surface area contributed by atoms with E-state index in [4.69, 9.17) is 16.3 Å². The van der Waals surface area contributed by atoms with Crippen LogP contribution in [0.25, 0.3) is 11.2 Å².